The molecule has 0 radical (unpaired) electrons. The van der Waals surface area contributed by atoms with Gasteiger partial charge in [0, 0.05) is 11.8 Å². The van der Waals surface area contributed by atoms with E-state index >= 15 is 0 Å². The van der Waals surface area contributed by atoms with Gasteiger partial charge < -0.3 is 10.1 Å². The molecule has 0 aliphatic rings. The zero-order valence-electron chi connectivity index (χ0n) is 10.1. The van der Waals surface area contributed by atoms with Gasteiger partial charge in [0.25, 0.3) is 0 Å². The molecular weight excluding hydrogens is 272 g/mol. The number of nitrogens with zero attached hydrogens (tertiary/aromatic N) is 1. The maximum atomic E-state index is 11.7. The molecule has 1 aromatic heterocycles. The summed E-state index contributed by atoms with van der Waals surface area (Å²) < 4.78 is 6.12. The number of benzene rings is 1. The summed E-state index contributed by atoms with van der Waals surface area (Å²) in [5.74, 6) is 0.729. The number of fused-ring (bicyclic) bond motifs is 1. The predicted octanol–water partition coefficient (Wildman–Crippen LogP) is 3.12. The van der Waals surface area contributed by atoms with Gasteiger partial charge in [-0.3, -0.25) is 4.79 Å². The summed E-state index contributed by atoms with van der Waals surface area (Å²) in [5.41, 5.74) is 0.842. The quantitative estimate of drug-likeness (QED) is 0.878. The second-order valence-electron chi connectivity index (χ2n) is 3.90. The summed E-state index contributed by atoms with van der Waals surface area (Å²) in [6, 6.07) is 5.61. The summed E-state index contributed by atoms with van der Waals surface area (Å²) in [6.07, 6.45) is 0. The third kappa shape index (κ3) is 2.73. The Bertz CT molecular complexity index is 570. The lowest BCUT2D eigenvalue weighted by Gasteiger charge is -2.05. The summed E-state index contributed by atoms with van der Waals surface area (Å²) in [5, 5.41) is 3.35. The van der Waals surface area contributed by atoms with Crippen molar-refractivity contribution in [3.63, 3.8) is 0 Å². The monoisotopic (exact) mass is 284 g/mol. The van der Waals surface area contributed by atoms with E-state index in [1.165, 1.54) is 11.3 Å². The highest BCUT2D eigenvalue weighted by Crippen LogP contribution is 2.29. The predicted molar refractivity (Wildman–Crippen MR) is 74.7 cm³/mol. The van der Waals surface area contributed by atoms with Crippen molar-refractivity contribution in [2.24, 2.45) is 5.92 Å². The lowest BCUT2D eigenvalue weighted by Crippen LogP contribution is -2.21. The molecule has 0 fully saturated rings. The van der Waals surface area contributed by atoms with Gasteiger partial charge in [-0.1, -0.05) is 18.3 Å². The van der Waals surface area contributed by atoms with Gasteiger partial charge in [-0.2, -0.15) is 0 Å². The number of aromatic nitrogens is 1. The molecule has 6 heteroatoms. The van der Waals surface area contributed by atoms with E-state index in [1.807, 2.05) is 18.2 Å². The molecule has 0 spiro atoms. The minimum Gasteiger partial charge on any atom is -0.497 e. The molecule has 96 valence electrons. The fraction of sp³-hybridized carbons (Fsp3) is 0.333. The van der Waals surface area contributed by atoms with Gasteiger partial charge >= 0.3 is 0 Å². The van der Waals surface area contributed by atoms with Gasteiger partial charge in [-0.25, -0.2) is 4.98 Å². The Kier molecular flexibility index (Phi) is 4.04. The van der Waals surface area contributed by atoms with Crippen molar-refractivity contribution < 1.29 is 9.53 Å². The fourth-order valence-electron chi connectivity index (χ4n) is 1.38. The number of halogens is 1. The molecule has 0 bridgehead atoms. The number of amides is 1. The van der Waals surface area contributed by atoms with Crippen molar-refractivity contribution in [3.8, 4) is 5.75 Å². The van der Waals surface area contributed by atoms with Gasteiger partial charge in [-0.05, 0) is 18.2 Å². The van der Waals surface area contributed by atoms with Crippen molar-refractivity contribution in [3.05, 3.63) is 18.2 Å². The van der Waals surface area contributed by atoms with Gasteiger partial charge in [0.2, 0.25) is 5.91 Å². The first kappa shape index (κ1) is 13.1. The topological polar surface area (TPSA) is 51.2 Å². The average molecular weight is 285 g/mol. The molecule has 1 atom stereocenters. The van der Waals surface area contributed by atoms with Crippen LogP contribution in [0.3, 0.4) is 0 Å². The van der Waals surface area contributed by atoms with Gasteiger partial charge in [0.1, 0.15) is 5.75 Å². The molecule has 1 heterocycles. The Balaban J connectivity index is 2.22. The maximum Gasteiger partial charge on any atom is 0.230 e. The normalized spacial score (nSPS) is 12.4. The summed E-state index contributed by atoms with van der Waals surface area (Å²) >= 11 is 7.05. The molecule has 0 saturated heterocycles. The fourth-order valence-corrected chi connectivity index (χ4v) is 2.42. The molecule has 2 aromatic rings. The smallest absolute Gasteiger partial charge is 0.230 e. The number of carbonyl (C=O) groups excluding carboxylic acids is 1. The van der Waals surface area contributed by atoms with E-state index in [1.54, 1.807) is 14.0 Å². The van der Waals surface area contributed by atoms with E-state index in [4.69, 9.17) is 16.3 Å². The molecular formula is C12H13ClN2O2S. The number of nitrogens with one attached hydrogen (secondary N) is 1. The Morgan fingerprint density at radius 3 is 3.06 bits per heavy atom. The molecule has 4 nitrogen and oxygen atoms in total. The van der Waals surface area contributed by atoms with Crippen LogP contribution < -0.4 is 10.1 Å². The lowest BCUT2D eigenvalue weighted by molar-refractivity contribution is -0.118. The van der Waals surface area contributed by atoms with Crippen molar-refractivity contribution in [2.45, 2.75) is 6.92 Å². The van der Waals surface area contributed by atoms with Gasteiger partial charge in [-0.15, -0.1) is 11.6 Å². The minimum atomic E-state index is -0.229. The summed E-state index contributed by atoms with van der Waals surface area (Å²) in [7, 11) is 1.62. The largest absolute Gasteiger partial charge is 0.497 e. The van der Waals surface area contributed by atoms with Crippen LogP contribution in [0.25, 0.3) is 10.2 Å². The van der Waals surface area contributed by atoms with E-state index in [9.17, 15) is 4.79 Å². The first-order valence-corrected chi connectivity index (χ1v) is 6.80. The first-order valence-electron chi connectivity index (χ1n) is 5.45. The molecule has 0 aliphatic carbocycles. The van der Waals surface area contributed by atoms with Crippen molar-refractivity contribution in [1.29, 1.82) is 0 Å². The average Bonchev–Trinajstić information content (AvgIpc) is 2.78. The summed E-state index contributed by atoms with van der Waals surface area (Å²) in [4.78, 5) is 16.0. The molecule has 2 rings (SSSR count). The zero-order chi connectivity index (χ0) is 13.1. The maximum absolute atomic E-state index is 11.7. The van der Waals surface area contributed by atoms with E-state index in [-0.39, 0.29) is 11.8 Å². The third-order valence-corrected chi connectivity index (χ3v) is 3.90. The second-order valence-corrected chi connectivity index (χ2v) is 5.24. The van der Waals surface area contributed by atoms with Crippen LogP contribution in [0.2, 0.25) is 0 Å². The summed E-state index contributed by atoms with van der Waals surface area (Å²) in [6.45, 7) is 1.78. The van der Waals surface area contributed by atoms with Gasteiger partial charge in [0.15, 0.2) is 5.13 Å². The third-order valence-electron chi connectivity index (χ3n) is 2.50. The Labute approximate surface area is 114 Å². The number of alkyl halides is 1. The van der Waals surface area contributed by atoms with Crippen LogP contribution in [0.5, 0.6) is 5.75 Å². The van der Waals surface area contributed by atoms with Crippen LogP contribution in [0.15, 0.2) is 18.2 Å². The van der Waals surface area contributed by atoms with Crippen LogP contribution in [-0.2, 0) is 4.79 Å². The standard InChI is InChI=1S/C12H13ClN2O2S/c1-7(6-13)11(16)15-12-14-9-4-3-8(17-2)5-10(9)18-12/h3-5,7H,6H2,1-2H3,(H,14,15,16). The van der Waals surface area contributed by atoms with E-state index in [0.717, 1.165) is 16.0 Å². The van der Waals surface area contributed by atoms with Crippen LogP contribution in [0.1, 0.15) is 6.92 Å². The number of rotatable bonds is 4. The van der Waals surface area contributed by atoms with Crippen LogP contribution in [0, 0.1) is 5.92 Å². The highest BCUT2D eigenvalue weighted by atomic mass is 35.5. The second kappa shape index (κ2) is 5.54. The minimum absolute atomic E-state index is 0.115. The van der Waals surface area contributed by atoms with Crippen molar-refractivity contribution >= 4 is 44.2 Å². The van der Waals surface area contributed by atoms with Crippen LogP contribution >= 0.6 is 22.9 Å². The number of anilines is 1. The molecule has 1 amide bonds. The molecule has 1 N–H and O–H groups in total. The van der Waals surface area contributed by atoms with Crippen molar-refractivity contribution in [1.82, 2.24) is 4.98 Å². The van der Waals surface area contributed by atoms with Crippen LogP contribution in [-0.4, -0.2) is 23.9 Å². The zero-order valence-corrected chi connectivity index (χ0v) is 11.6. The van der Waals surface area contributed by atoms with E-state index in [2.05, 4.69) is 10.3 Å². The number of hydrogen-bond acceptors (Lipinski definition) is 4. The van der Waals surface area contributed by atoms with Crippen LogP contribution in [0.4, 0.5) is 5.13 Å². The Morgan fingerprint density at radius 1 is 1.61 bits per heavy atom. The highest BCUT2D eigenvalue weighted by Gasteiger charge is 2.14. The molecule has 0 saturated carbocycles. The van der Waals surface area contributed by atoms with Crippen molar-refractivity contribution in [2.75, 3.05) is 18.3 Å². The number of carbonyl (C=O) groups is 1. The molecule has 1 aromatic carbocycles. The van der Waals surface area contributed by atoms with E-state index in [0.29, 0.717) is 11.0 Å². The van der Waals surface area contributed by atoms with E-state index < -0.39 is 0 Å². The SMILES string of the molecule is COc1ccc2nc(NC(=O)C(C)CCl)sc2c1. The molecule has 1 unspecified atom stereocenters. The number of thiazole rings is 1. The first-order chi connectivity index (χ1) is 8.63. The highest BCUT2D eigenvalue weighted by molar-refractivity contribution is 7.22. The number of hydrogen-bond donors (Lipinski definition) is 1. The number of methoxy groups -OCH3 is 1. The Hall–Kier alpha value is -1.33. The number of ether oxygens (including phenoxy) is 1. The lowest BCUT2D eigenvalue weighted by atomic mass is 10.2. The molecule has 0 aliphatic heterocycles. The van der Waals surface area contributed by atoms with Gasteiger partial charge in [0.05, 0.1) is 17.3 Å². The molecule has 18 heavy (non-hydrogen) atoms. The Morgan fingerprint density at radius 2 is 2.39 bits per heavy atom.